The molecule has 11 aromatic heterocycles. The van der Waals surface area contributed by atoms with Crippen LogP contribution in [-0.4, -0.2) is 79.2 Å². The van der Waals surface area contributed by atoms with Gasteiger partial charge in [0.2, 0.25) is 0 Å². The highest BCUT2D eigenvalue weighted by atomic mass is 32.1. The molecular formula is C125H210N16S2. The first-order valence-corrected chi connectivity index (χ1v) is 53.6. The predicted molar refractivity (Wildman–Crippen MR) is 631 cm³/mol. The Labute approximate surface area is 887 Å². The molecule has 143 heavy (non-hydrogen) atoms. The molecule has 0 unspecified atom stereocenters. The summed E-state index contributed by atoms with van der Waals surface area (Å²) in [5.41, 5.74) is 32.1. The van der Waals surface area contributed by atoms with Crippen LogP contribution in [0.15, 0.2) is 148 Å². The SMILES string of the molecule is CC.CC.CC.CC.CC.Cc1ccccc1C(C)(C)C.Cc1cccnc1C(C)(C)C.Cc1ccncc1C(C)(C)C.Cc1ccnnc1C(C)(C)C.Cc1cnccc1C(C)(C)C.Cc1cncnc1C(C)(C)C.Cc1nc(C)c(C(C)(C)C)s1.Cc1ncccc1C(C)(C)C.Cc1nccnc1C(C)(C)C.Cc1ncncc1C(C)(C)C.Cc1nn(C)c(C)c1C(C)(C)C.Cc1nsc(C)c1C(C)(C)C. The van der Waals surface area contributed by atoms with Gasteiger partial charge in [-0.3, -0.25) is 34.6 Å². The number of aromatic nitrogens is 16. The molecule has 11 heterocycles. The molecular weight excluding hydrogens is 1790 g/mol. The summed E-state index contributed by atoms with van der Waals surface area (Å²) >= 11 is 3.42. The van der Waals surface area contributed by atoms with Crippen molar-refractivity contribution in [1.29, 1.82) is 0 Å². The minimum Gasteiger partial charge on any atom is -0.272 e. The Morgan fingerprint density at radius 1 is 0.252 bits per heavy atom. The number of benzene rings is 1. The van der Waals surface area contributed by atoms with Crippen LogP contribution in [-0.2, 0) is 72.0 Å². The lowest BCUT2D eigenvalue weighted by molar-refractivity contribution is 0.553. The summed E-state index contributed by atoms with van der Waals surface area (Å²) in [6.07, 6.45) is 23.4. The van der Waals surface area contributed by atoms with Gasteiger partial charge in [-0.1, -0.05) is 355 Å². The number of nitrogens with zero attached hydrogens (tertiary/aromatic N) is 16. The molecule has 16 nitrogen and oxygen atoms in total. The smallest absolute Gasteiger partial charge is 0.115 e. The Hall–Kier alpha value is -9.39. The average molecular weight is 2000 g/mol. The molecule has 0 aliphatic rings. The maximum absolute atomic E-state index is 4.40. The zero-order valence-electron chi connectivity index (χ0n) is 103. The van der Waals surface area contributed by atoms with Gasteiger partial charge in [-0.15, -0.1) is 11.3 Å². The molecule has 0 fully saturated rings. The van der Waals surface area contributed by atoms with Gasteiger partial charge in [0.25, 0.3) is 0 Å². The Morgan fingerprint density at radius 3 is 0.916 bits per heavy atom. The first-order valence-electron chi connectivity index (χ1n) is 52.0. The number of aryl methyl sites for hydroxylation is 15. The second-order valence-electron chi connectivity index (χ2n) is 47.1. The summed E-state index contributed by atoms with van der Waals surface area (Å²) in [5, 5.41) is 13.5. The van der Waals surface area contributed by atoms with Gasteiger partial charge in [0.05, 0.1) is 44.9 Å². The second kappa shape index (κ2) is 65.3. The van der Waals surface area contributed by atoms with Crippen molar-refractivity contribution < 1.29 is 0 Å². The van der Waals surface area contributed by atoms with Crippen molar-refractivity contribution in [3.05, 3.63) is 297 Å². The van der Waals surface area contributed by atoms with Gasteiger partial charge in [0.15, 0.2) is 0 Å². The van der Waals surface area contributed by atoms with Crippen molar-refractivity contribution in [2.75, 3.05) is 0 Å². The van der Waals surface area contributed by atoms with Crippen molar-refractivity contribution >= 4 is 22.9 Å². The van der Waals surface area contributed by atoms with E-state index in [0.29, 0.717) is 0 Å². The van der Waals surface area contributed by atoms with Gasteiger partial charge in [-0.25, -0.2) is 24.9 Å². The van der Waals surface area contributed by atoms with Gasteiger partial charge < -0.3 is 0 Å². The zero-order chi connectivity index (χ0) is 113. The summed E-state index contributed by atoms with van der Waals surface area (Å²) in [4.78, 5) is 48.7. The average Bonchev–Trinajstić information content (AvgIpc) is 1.65. The maximum atomic E-state index is 4.40. The molecule has 0 spiro atoms. The summed E-state index contributed by atoms with van der Waals surface area (Å²) in [6, 6.07) is 22.9. The van der Waals surface area contributed by atoms with Crippen LogP contribution >= 0.6 is 22.9 Å². The third kappa shape index (κ3) is 55.1. The lowest BCUT2D eigenvalue weighted by Crippen LogP contribution is -2.15. The Morgan fingerprint density at radius 2 is 0.622 bits per heavy atom. The molecule has 0 aliphatic carbocycles. The van der Waals surface area contributed by atoms with E-state index in [1.807, 2.05) is 181 Å². The van der Waals surface area contributed by atoms with E-state index in [-0.39, 0.29) is 65.0 Å². The van der Waals surface area contributed by atoms with Crippen LogP contribution in [0.1, 0.15) is 468 Å². The maximum Gasteiger partial charge on any atom is 0.115 e. The fraction of sp³-hybridized carbons (Fsp3) is 0.592. The second-order valence-corrected chi connectivity index (χ2v) is 49.3. The topological polar surface area (TPSA) is 198 Å². The van der Waals surface area contributed by atoms with Gasteiger partial charge in [0.1, 0.15) is 12.7 Å². The Bertz CT molecular complexity index is 4630. The quantitative estimate of drug-likeness (QED) is 0.139. The van der Waals surface area contributed by atoms with Gasteiger partial charge in [0, 0.05) is 135 Å². The van der Waals surface area contributed by atoms with Crippen LogP contribution in [0, 0.1) is 104 Å². The van der Waals surface area contributed by atoms with E-state index in [4.69, 9.17) is 0 Å². The molecule has 0 saturated heterocycles. The van der Waals surface area contributed by atoms with Crippen LogP contribution in [0.2, 0.25) is 0 Å². The highest BCUT2D eigenvalue weighted by molar-refractivity contribution is 7.11. The van der Waals surface area contributed by atoms with Crippen LogP contribution in [0.25, 0.3) is 0 Å². The normalized spacial score (nSPS) is 11.1. The highest BCUT2D eigenvalue weighted by Crippen LogP contribution is 2.35. The summed E-state index contributed by atoms with van der Waals surface area (Å²) in [5.74, 6) is 0. The number of hydrogen-bond acceptors (Lipinski definition) is 17. The minimum atomic E-state index is 0.109. The molecule has 0 atom stereocenters. The summed E-state index contributed by atoms with van der Waals surface area (Å²) in [6.45, 7) is 130. The van der Waals surface area contributed by atoms with E-state index in [0.717, 1.165) is 39.9 Å². The molecule has 12 aromatic rings. The molecule has 12 rings (SSSR count). The third-order valence-electron chi connectivity index (χ3n) is 21.3. The summed E-state index contributed by atoms with van der Waals surface area (Å²) < 4.78 is 6.28. The van der Waals surface area contributed by atoms with E-state index in [1.54, 1.807) is 42.8 Å². The van der Waals surface area contributed by atoms with Gasteiger partial charge >= 0.3 is 0 Å². The zero-order valence-corrected chi connectivity index (χ0v) is 105. The van der Waals surface area contributed by atoms with Crippen LogP contribution in [0.4, 0.5) is 0 Å². The fourth-order valence-electron chi connectivity index (χ4n) is 15.8. The van der Waals surface area contributed by atoms with Crippen molar-refractivity contribution in [2.45, 2.75) is 487 Å². The van der Waals surface area contributed by atoms with Crippen LogP contribution in [0.3, 0.4) is 0 Å². The van der Waals surface area contributed by atoms with E-state index in [1.165, 1.54) is 110 Å². The van der Waals surface area contributed by atoms with E-state index >= 15 is 0 Å². The molecule has 0 radical (unpaired) electrons. The highest BCUT2D eigenvalue weighted by Gasteiger charge is 2.27. The third-order valence-corrected chi connectivity index (χ3v) is 23.7. The van der Waals surface area contributed by atoms with E-state index < -0.39 is 0 Å². The lowest BCUT2D eigenvalue weighted by Gasteiger charge is -2.21. The minimum absolute atomic E-state index is 0.109. The predicted octanol–water partition coefficient (Wildman–Crippen LogP) is 36.0. The van der Waals surface area contributed by atoms with Crippen molar-refractivity contribution in [3.8, 4) is 0 Å². The van der Waals surface area contributed by atoms with Gasteiger partial charge in [-0.05, 0) is 256 Å². The Balaban J connectivity index is -0.000000480. The monoisotopic (exact) mass is 2000 g/mol. The van der Waals surface area contributed by atoms with E-state index in [9.17, 15) is 0 Å². The number of pyridine rings is 4. The van der Waals surface area contributed by atoms with Gasteiger partial charge in [-0.2, -0.15) is 19.7 Å². The molecule has 0 bridgehead atoms. The molecule has 0 amide bonds. The first-order chi connectivity index (χ1) is 65.3. The summed E-state index contributed by atoms with van der Waals surface area (Å²) in [7, 11) is 2.00. The Kier molecular flexibility index (Phi) is 64.8. The van der Waals surface area contributed by atoms with Crippen LogP contribution < -0.4 is 0 Å². The largest absolute Gasteiger partial charge is 0.272 e. The van der Waals surface area contributed by atoms with Crippen molar-refractivity contribution in [1.82, 2.24) is 79.2 Å². The molecule has 0 N–H and O–H groups in total. The molecule has 0 saturated carbocycles. The van der Waals surface area contributed by atoms with Crippen molar-refractivity contribution in [3.63, 3.8) is 0 Å². The first kappa shape index (κ1) is 142. The molecule has 0 aliphatic heterocycles. The fourth-order valence-corrected chi connectivity index (χ4v) is 17.6. The standard InChI is InChI=1S/C11H16.C10H18N2.4C10H15N.4C9H14N2.2C9H15NS.5C2H6/c1-9-7-5-6-8-10(9)11(2,3)4;1-7-9(10(3,4)5)8(2)12(6)11-7;1-8-7-11-6-5-9(8)10(2,3)4;1-8-5-6-11-7-9(8)10(2,3)4;1-8-9(10(2,3)4)6-5-7-11-8;1-8-6-5-7-11-9(8)10(2,3)4;1-7-8(9(2,3)4)5-10-6-11-7;1-7-5-10-6-11-8(7)9(2,3)4;1-7-8(9(2,3)4)11-6-5-10-7;1-7-5-6-10-11-8(7)9(2,3)4;1-6-8(9(3,4)5)11-7(2)10-6;1-6-8(9(3,4)5)7(2)11-10-6;5*1-2/h5-8H,1-4H3;1-6H3;4*5-7H,1-4H3;4*5-6H,1-4H3;2*1-5H3;5*1-2H3. The number of thiazole rings is 1. The van der Waals surface area contributed by atoms with Crippen molar-refractivity contribution in [2.24, 2.45) is 7.05 Å². The molecule has 18 heteroatoms. The number of rotatable bonds is 0. The molecule has 802 valence electrons. The molecule has 1 aromatic carbocycles. The van der Waals surface area contributed by atoms with Crippen LogP contribution in [0.5, 0.6) is 0 Å². The lowest BCUT2D eigenvalue weighted by atomic mass is 9.84. The van der Waals surface area contributed by atoms with E-state index in [2.05, 4.69) is 455 Å². The number of hydrogen-bond donors (Lipinski definition) is 0.